The number of ether oxygens (including phenoxy) is 3. The van der Waals surface area contributed by atoms with Gasteiger partial charge in [-0.1, -0.05) is 45.3 Å². The lowest BCUT2D eigenvalue weighted by atomic mass is 9.75. The van der Waals surface area contributed by atoms with Gasteiger partial charge in [0.05, 0.1) is 44.0 Å². The number of ketones is 1. The van der Waals surface area contributed by atoms with Crippen LogP contribution in [0.2, 0.25) is 0 Å². The molecule has 8 unspecified atom stereocenters. The normalized spacial score (nSPS) is 33.7. The molecule has 4 saturated heterocycles. The number of allylic oxidation sites excluding steroid dienone is 2. The number of likely N-dealkylation sites (N-methyl/N-ethyl adjacent to an activating group) is 1. The van der Waals surface area contributed by atoms with E-state index in [1.165, 1.54) is 44.9 Å². The predicted molar refractivity (Wildman–Crippen MR) is 268 cm³/mol. The first-order valence-corrected chi connectivity index (χ1v) is 27.2. The number of hydrogen-bond acceptors (Lipinski definition) is 13. The van der Waals surface area contributed by atoms with Gasteiger partial charge in [0.1, 0.15) is 6.10 Å². The Morgan fingerprint density at radius 3 is 1.90 bits per heavy atom. The Balaban J connectivity index is 1.50. The quantitative estimate of drug-likeness (QED) is 0.129. The summed E-state index contributed by atoms with van der Waals surface area (Å²) in [6, 6.07) is 0.197. The molecule has 4 fully saturated rings. The molecule has 13 heteroatoms. The van der Waals surface area contributed by atoms with Gasteiger partial charge < -0.3 is 54.0 Å². The molecule has 3 N–H and O–H groups in total. The summed E-state index contributed by atoms with van der Waals surface area (Å²) in [5.74, 6) is -0.892. The number of aliphatic hydroxyl groups excluding tert-OH is 3. The molecule has 13 nitrogen and oxygen atoms in total. The lowest BCUT2D eigenvalue weighted by Crippen LogP contribution is -2.62. The minimum Gasteiger partial charge on any atom is -0.465 e. The van der Waals surface area contributed by atoms with Crippen LogP contribution in [0.3, 0.4) is 0 Å². The van der Waals surface area contributed by atoms with Gasteiger partial charge in [0.2, 0.25) is 0 Å². The Morgan fingerprint density at radius 2 is 1.33 bits per heavy atom. The van der Waals surface area contributed by atoms with Crippen LogP contribution in [0.25, 0.3) is 0 Å². The number of rotatable bonds is 18. The van der Waals surface area contributed by atoms with Crippen LogP contribution in [-0.2, 0) is 23.8 Å². The van der Waals surface area contributed by atoms with E-state index in [9.17, 15) is 24.9 Å². The summed E-state index contributed by atoms with van der Waals surface area (Å²) in [5, 5.41) is 34.7. The van der Waals surface area contributed by atoms with Gasteiger partial charge in [0.15, 0.2) is 12.1 Å². The molecule has 0 aromatic rings. The first kappa shape index (κ1) is 56.1. The molecule has 13 atom stereocenters. The van der Waals surface area contributed by atoms with Gasteiger partial charge in [-0.05, 0) is 195 Å². The molecular formula is C54H97N5O8. The van der Waals surface area contributed by atoms with E-state index in [0.717, 1.165) is 90.2 Å². The molecule has 5 aliphatic rings. The Bertz CT molecular complexity index is 1490. The zero-order valence-corrected chi connectivity index (χ0v) is 43.4. The smallest absolute Gasteiger partial charge is 0.308 e. The van der Waals surface area contributed by atoms with Crippen LogP contribution in [0.5, 0.6) is 0 Å². The maximum Gasteiger partial charge on any atom is 0.308 e. The number of hydrogen-bond donors (Lipinski definition) is 3. The van der Waals surface area contributed by atoms with Crippen LogP contribution in [0.1, 0.15) is 144 Å². The van der Waals surface area contributed by atoms with Gasteiger partial charge in [-0.25, -0.2) is 0 Å². The van der Waals surface area contributed by atoms with E-state index < -0.39 is 36.7 Å². The number of cyclic esters (lactones) is 1. The minimum absolute atomic E-state index is 0.0831. The maximum absolute atomic E-state index is 14.9. The number of carbonyl (C=O) groups is 2. The van der Waals surface area contributed by atoms with E-state index in [1.807, 2.05) is 25.1 Å². The van der Waals surface area contributed by atoms with Crippen molar-refractivity contribution >= 4 is 11.8 Å². The van der Waals surface area contributed by atoms with Crippen molar-refractivity contribution in [3.05, 3.63) is 23.8 Å². The van der Waals surface area contributed by atoms with E-state index in [4.69, 9.17) is 14.2 Å². The molecule has 5 aliphatic heterocycles. The molecule has 0 bridgehead atoms. The molecule has 0 amide bonds. The standard InChI is InChI=1S/C54H97N5O8/c1-9-56(10-2)37-44-35-43(32-39(3)57-25-14-11-15-26-57)20-23-48(60)46(33-40(4)58-27-16-12-17-28-58)22-21-45(24-31-65-54-53(64)51(55(7)8)52(63)42(6)67-54)47(49(61)36-50(62)66-38-44)34-41(5)59-29-18-13-19-30-59/h20,23,35,39-42,44-47,49,51-54,61,63-64H,9-19,21-22,24-34,36-38H2,1-8H3/t39?,40?,41?,42-,44?,45?,46?,47?,49?,51+,52-,53-,54-/m1/s1. The Labute approximate surface area is 407 Å². The zero-order chi connectivity index (χ0) is 48.5. The van der Waals surface area contributed by atoms with E-state index in [1.54, 1.807) is 6.92 Å². The van der Waals surface area contributed by atoms with E-state index in [-0.39, 0.29) is 67.1 Å². The first-order valence-electron chi connectivity index (χ1n) is 27.2. The Morgan fingerprint density at radius 1 is 0.761 bits per heavy atom. The number of piperidine rings is 3. The molecule has 0 aromatic heterocycles. The van der Waals surface area contributed by atoms with Gasteiger partial charge in [-0.3, -0.25) is 9.59 Å². The van der Waals surface area contributed by atoms with Gasteiger partial charge >= 0.3 is 5.97 Å². The van der Waals surface area contributed by atoms with E-state index in [2.05, 4.69) is 66.4 Å². The Kier molecular flexibility index (Phi) is 24.2. The van der Waals surface area contributed by atoms with Crippen molar-refractivity contribution in [3.63, 3.8) is 0 Å². The fourth-order valence-corrected chi connectivity index (χ4v) is 12.1. The van der Waals surface area contributed by atoms with E-state index >= 15 is 0 Å². The van der Waals surface area contributed by atoms with Crippen molar-refractivity contribution in [2.24, 2.45) is 23.7 Å². The minimum atomic E-state index is -1.06. The molecule has 0 aliphatic carbocycles. The summed E-state index contributed by atoms with van der Waals surface area (Å²) < 4.78 is 18.6. The van der Waals surface area contributed by atoms with Crippen LogP contribution in [0.15, 0.2) is 23.8 Å². The average Bonchev–Trinajstić information content (AvgIpc) is 3.33. The van der Waals surface area contributed by atoms with Crippen LogP contribution in [0, 0.1) is 23.7 Å². The van der Waals surface area contributed by atoms with Gasteiger partial charge in [0.25, 0.3) is 0 Å². The third-order valence-corrected chi connectivity index (χ3v) is 16.5. The highest BCUT2D eigenvalue weighted by Crippen LogP contribution is 2.36. The largest absolute Gasteiger partial charge is 0.465 e. The van der Waals surface area contributed by atoms with Crippen LogP contribution in [-0.4, -0.2) is 193 Å². The molecule has 5 rings (SSSR count). The second-order valence-corrected chi connectivity index (χ2v) is 21.7. The topological polar surface area (TPSA) is 139 Å². The molecule has 0 radical (unpaired) electrons. The summed E-state index contributed by atoms with van der Waals surface area (Å²) >= 11 is 0. The van der Waals surface area contributed by atoms with Gasteiger partial charge in [0, 0.05) is 36.5 Å². The number of nitrogens with zero attached hydrogens (tertiary/aromatic N) is 5. The number of esters is 1. The lowest BCUT2D eigenvalue weighted by Gasteiger charge is -2.44. The summed E-state index contributed by atoms with van der Waals surface area (Å²) in [7, 11) is 3.67. The molecule has 0 aromatic carbocycles. The zero-order valence-electron chi connectivity index (χ0n) is 43.4. The molecule has 0 saturated carbocycles. The summed E-state index contributed by atoms with van der Waals surface area (Å²) in [6.45, 7) is 22.3. The molecule has 0 spiro atoms. The second-order valence-electron chi connectivity index (χ2n) is 21.7. The van der Waals surface area contributed by atoms with Gasteiger partial charge in [-0.2, -0.15) is 0 Å². The van der Waals surface area contributed by atoms with Crippen molar-refractivity contribution in [1.82, 2.24) is 24.5 Å². The molecule has 5 heterocycles. The van der Waals surface area contributed by atoms with Crippen molar-refractivity contribution in [3.8, 4) is 0 Å². The van der Waals surface area contributed by atoms with Crippen LogP contribution >= 0.6 is 0 Å². The van der Waals surface area contributed by atoms with Gasteiger partial charge in [-0.15, -0.1) is 0 Å². The number of carbonyl (C=O) groups excluding carboxylic acids is 2. The average molecular weight is 944 g/mol. The maximum atomic E-state index is 14.9. The highest BCUT2D eigenvalue weighted by Gasteiger charge is 2.45. The SMILES string of the molecule is CCN(CC)CC1C=C(CC(C)N2CCCCC2)C=CC(=O)C(CC(C)N2CCCCC2)CCC(CCO[C@@H]2O[C@H](C)[C@@H](O)[C@H](N(C)C)[C@H]2O)C(CC(C)N2CCCCC2)C(O)CC(=O)OC1. The van der Waals surface area contributed by atoms with Crippen molar-refractivity contribution in [2.75, 3.05) is 86.2 Å². The number of likely N-dealkylation sites (tertiary alicyclic amines) is 3. The van der Waals surface area contributed by atoms with Crippen molar-refractivity contribution < 1.29 is 39.1 Å². The third kappa shape index (κ3) is 17.5. The highest BCUT2D eigenvalue weighted by atomic mass is 16.7. The summed E-state index contributed by atoms with van der Waals surface area (Å²) in [4.78, 5) is 40.8. The van der Waals surface area contributed by atoms with Crippen LogP contribution < -0.4 is 0 Å². The third-order valence-electron chi connectivity index (χ3n) is 16.5. The fraction of sp³-hybridized carbons (Fsp3) is 0.889. The van der Waals surface area contributed by atoms with E-state index in [0.29, 0.717) is 31.7 Å². The molecular weight excluding hydrogens is 847 g/mol. The lowest BCUT2D eigenvalue weighted by molar-refractivity contribution is -0.281. The Hall–Kier alpha value is -1.78. The molecule has 386 valence electrons. The monoisotopic (exact) mass is 944 g/mol. The summed E-state index contributed by atoms with van der Waals surface area (Å²) in [6.07, 6.45) is 16.8. The second kappa shape index (κ2) is 28.9. The summed E-state index contributed by atoms with van der Waals surface area (Å²) in [5.41, 5.74) is 1.11. The predicted octanol–water partition coefficient (Wildman–Crippen LogP) is 6.53. The van der Waals surface area contributed by atoms with Crippen molar-refractivity contribution in [1.29, 1.82) is 0 Å². The van der Waals surface area contributed by atoms with Crippen LogP contribution in [0.4, 0.5) is 0 Å². The van der Waals surface area contributed by atoms with Crippen molar-refractivity contribution in [2.45, 2.75) is 199 Å². The first-order chi connectivity index (χ1) is 32.2. The highest BCUT2D eigenvalue weighted by molar-refractivity contribution is 5.92. The number of aliphatic hydroxyl groups is 3. The fourth-order valence-electron chi connectivity index (χ4n) is 12.1. The molecule has 67 heavy (non-hydrogen) atoms.